The zero-order chi connectivity index (χ0) is 18.8. The number of imide groups is 1. The summed E-state index contributed by atoms with van der Waals surface area (Å²) in [6.45, 7) is 1.09. The van der Waals surface area contributed by atoms with Gasteiger partial charge in [0.1, 0.15) is 6.10 Å². The molecule has 0 bridgehead atoms. The molecule has 142 valence electrons. The molecule has 3 aliphatic heterocycles. The molecule has 27 heavy (non-hydrogen) atoms. The van der Waals surface area contributed by atoms with Crippen LogP contribution in [0, 0.1) is 0 Å². The highest BCUT2D eigenvalue weighted by molar-refractivity contribution is 8.18. The Morgan fingerprint density at radius 1 is 1.30 bits per heavy atom. The van der Waals surface area contributed by atoms with Crippen molar-refractivity contribution in [2.24, 2.45) is 0 Å². The third kappa shape index (κ3) is 3.79. The van der Waals surface area contributed by atoms with Crippen molar-refractivity contribution < 1.29 is 28.6 Å². The second-order valence-corrected chi connectivity index (χ2v) is 7.23. The molecule has 0 radical (unpaired) electrons. The molecule has 8 nitrogen and oxygen atoms in total. The van der Waals surface area contributed by atoms with E-state index < -0.39 is 6.10 Å². The molecule has 0 spiro atoms. The monoisotopic (exact) mass is 390 g/mol. The van der Waals surface area contributed by atoms with E-state index in [2.05, 4.69) is 5.32 Å². The predicted octanol–water partition coefficient (Wildman–Crippen LogP) is 1.75. The number of carbonyl (C=O) groups excluding carboxylic acids is 3. The molecule has 1 atom stereocenters. The lowest BCUT2D eigenvalue weighted by Crippen LogP contribution is -2.40. The van der Waals surface area contributed by atoms with E-state index in [1.165, 1.54) is 0 Å². The molecule has 9 heteroatoms. The van der Waals surface area contributed by atoms with Crippen LogP contribution in [-0.4, -0.2) is 54.5 Å². The molecular weight excluding hydrogens is 372 g/mol. The van der Waals surface area contributed by atoms with Gasteiger partial charge >= 0.3 is 0 Å². The van der Waals surface area contributed by atoms with Crippen molar-refractivity contribution in [3.8, 4) is 11.5 Å². The first kappa shape index (κ1) is 17.9. The number of ether oxygens (including phenoxy) is 3. The lowest BCUT2D eigenvalue weighted by atomic mass is 10.2. The number of amides is 3. The second-order valence-electron chi connectivity index (χ2n) is 6.24. The van der Waals surface area contributed by atoms with Crippen LogP contribution in [0.25, 0.3) is 6.08 Å². The maximum atomic E-state index is 12.5. The van der Waals surface area contributed by atoms with Gasteiger partial charge in [0.25, 0.3) is 11.1 Å². The number of benzene rings is 1. The Hall–Kier alpha value is -2.52. The molecule has 3 amide bonds. The summed E-state index contributed by atoms with van der Waals surface area (Å²) in [6, 6.07) is 5.32. The fourth-order valence-electron chi connectivity index (χ4n) is 3.04. The van der Waals surface area contributed by atoms with Crippen molar-refractivity contribution >= 4 is 34.9 Å². The summed E-state index contributed by atoms with van der Waals surface area (Å²) in [7, 11) is 0. The van der Waals surface area contributed by atoms with E-state index in [4.69, 9.17) is 14.2 Å². The van der Waals surface area contributed by atoms with Gasteiger partial charge in [-0.2, -0.15) is 0 Å². The number of rotatable bonds is 5. The van der Waals surface area contributed by atoms with Gasteiger partial charge in [0.05, 0.1) is 4.91 Å². The van der Waals surface area contributed by atoms with E-state index in [0.717, 1.165) is 28.6 Å². The van der Waals surface area contributed by atoms with Crippen LogP contribution in [0.3, 0.4) is 0 Å². The Morgan fingerprint density at radius 2 is 2.15 bits per heavy atom. The van der Waals surface area contributed by atoms with Crippen LogP contribution in [-0.2, 0) is 14.3 Å². The van der Waals surface area contributed by atoms with Crippen LogP contribution in [0.1, 0.15) is 18.4 Å². The number of hydrogen-bond donors (Lipinski definition) is 1. The lowest BCUT2D eigenvalue weighted by Gasteiger charge is -2.14. The summed E-state index contributed by atoms with van der Waals surface area (Å²) in [5, 5.41) is 2.37. The van der Waals surface area contributed by atoms with Gasteiger partial charge < -0.3 is 19.5 Å². The van der Waals surface area contributed by atoms with Crippen molar-refractivity contribution in [2.75, 3.05) is 26.5 Å². The number of hydrogen-bond acceptors (Lipinski definition) is 7. The molecule has 1 N–H and O–H groups in total. The minimum absolute atomic E-state index is 0.127. The van der Waals surface area contributed by atoms with E-state index in [1.54, 1.807) is 24.3 Å². The summed E-state index contributed by atoms with van der Waals surface area (Å²) in [4.78, 5) is 38.1. The van der Waals surface area contributed by atoms with Gasteiger partial charge in [-0.1, -0.05) is 6.07 Å². The van der Waals surface area contributed by atoms with Crippen LogP contribution < -0.4 is 14.8 Å². The lowest BCUT2D eigenvalue weighted by molar-refractivity contribution is -0.130. The molecule has 0 unspecified atom stereocenters. The van der Waals surface area contributed by atoms with Gasteiger partial charge in [0, 0.05) is 19.7 Å². The number of carbonyl (C=O) groups is 3. The maximum Gasteiger partial charge on any atom is 0.293 e. The zero-order valence-corrected chi connectivity index (χ0v) is 15.3. The summed E-state index contributed by atoms with van der Waals surface area (Å²) < 4.78 is 15.9. The van der Waals surface area contributed by atoms with E-state index in [-0.39, 0.29) is 36.9 Å². The van der Waals surface area contributed by atoms with Gasteiger partial charge in [-0.05, 0) is 48.4 Å². The average Bonchev–Trinajstić information content (AvgIpc) is 3.38. The Kier molecular flexibility index (Phi) is 5.04. The Bertz CT molecular complexity index is 818. The van der Waals surface area contributed by atoms with E-state index >= 15 is 0 Å². The predicted molar refractivity (Wildman–Crippen MR) is 97.2 cm³/mol. The Labute approximate surface area is 159 Å². The molecule has 0 saturated carbocycles. The molecule has 1 aromatic rings. The molecule has 2 saturated heterocycles. The average molecular weight is 390 g/mol. The van der Waals surface area contributed by atoms with Gasteiger partial charge in [-0.3, -0.25) is 19.3 Å². The van der Waals surface area contributed by atoms with E-state index in [1.807, 2.05) is 0 Å². The standard InChI is InChI=1S/C18H18N2O6S/c21-16(13-2-1-7-24-13)19-5-6-20-17(22)15(27-18(20)23)9-11-3-4-12-14(8-11)26-10-25-12/h3-4,8-9,13H,1-2,5-7,10H2,(H,19,21)/b15-9+/t13-/m0/s1. The SMILES string of the molecule is O=C(NCCN1C(=O)S/C(=C/c2ccc3c(c2)OCO3)C1=O)[C@@H]1CCCO1. The van der Waals surface area contributed by atoms with Crippen molar-refractivity contribution in [3.05, 3.63) is 28.7 Å². The Balaban J connectivity index is 1.36. The molecule has 1 aromatic carbocycles. The largest absolute Gasteiger partial charge is 0.454 e. The van der Waals surface area contributed by atoms with Crippen LogP contribution in [0.15, 0.2) is 23.1 Å². The summed E-state index contributed by atoms with van der Waals surface area (Å²) >= 11 is 0.883. The minimum Gasteiger partial charge on any atom is -0.454 e. The fourth-order valence-corrected chi connectivity index (χ4v) is 3.90. The highest BCUT2D eigenvalue weighted by atomic mass is 32.2. The normalized spacial score (nSPS) is 22.7. The summed E-state index contributed by atoms with van der Waals surface area (Å²) in [5.41, 5.74) is 0.747. The topological polar surface area (TPSA) is 94.2 Å². The molecular formula is C18H18N2O6S. The number of nitrogens with one attached hydrogen (secondary N) is 1. The number of nitrogens with zero attached hydrogens (tertiary/aromatic N) is 1. The van der Waals surface area contributed by atoms with Gasteiger partial charge in [-0.25, -0.2) is 0 Å². The number of thioether (sulfide) groups is 1. The first-order chi connectivity index (χ1) is 13.1. The van der Waals surface area contributed by atoms with E-state index in [9.17, 15) is 14.4 Å². The zero-order valence-electron chi connectivity index (χ0n) is 14.4. The van der Waals surface area contributed by atoms with Crippen molar-refractivity contribution in [2.45, 2.75) is 18.9 Å². The van der Waals surface area contributed by atoms with Crippen LogP contribution >= 0.6 is 11.8 Å². The number of fused-ring (bicyclic) bond motifs is 1. The van der Waals surface area contributed by atoms with Crippen LogP contribution in [0.5, 0.6) is 11.5 Å². The molecule has 3 heterocycles. The molecule has 0 aliphatic carbocycles. The minimum atomic E-state index is -0.425. The van der Waals surface area contributed by atoms with E-state index in [0.29, 0.717) is 29.4 Å². The molecule has 2 fully saturated rings. The third-order valence-electron chi connectivity index (χ3n) is 4.42. The van der Waals surface area contributed by atoms with Gasteiger partial charge in [0.2, 0.25) is 12.7 Å². The van der Waals surface area contributed by atoms with Crippen LogP contribution in [0.2, 0.25) is 0 Å². The van der Waals surface area contributed by atoms with Crippen LogP contribution in [0.4, 0.5) is 4.79 Å². The highest BCUT2D eigenvalue weighted by Crippen LogP contribution is 2.36. The van der Waals surface area contributed by atoms with Gasteiger partial charge in [-0.15, -0.1) is 0 Å². The molecule has 4 rings (SSSR count). The van der Waals surface area contributed by atoms with Crippen molar-refractivity contribution in [1.29, 1.82) is 0 Å². The highest BCUT2D eigenvalue weighted by Gasteiger charge is 2.35. The Morgan fingerprint density at radius 3 is 2.96 bits per heavy atom. The fraction of sp³-hybridized carbons (Fsp3) is 0.389. The third-order valence-corrected chi connectivity index (χ3v) is 5.33. The first-order valence-electron chi connectivity index (χ1n) is 8.66. The summed E-state index contributed by atoms with van der Waals surface area (Å²) in [6.07, 6.45) is 2.79. The quantitative estimate of drug-likeness (QED) is 0.766. The second kappa shape index (κ2) is 7.61. The molecule has 3 aliphatic rings. The smallest absolute Gasteiger partial charge is 0.293 e. The summed E-state index contributed by atoms with van der Waals surface area (Å²) in [5.74, 6) is 0.700. The van der Waals surface area contributed by atoms with Crippen molar-refractivity contribution in [1.82, 2.24) is 10.2 Å². The molecule has 0 aromatic heterocycles. The van der Waals surface area contributed by atoms with Crippen molar-refractivity contribution in [3.63, 3.8) is 0 Å². The first-order valence-corrected chi connectivity index (χ1v) is 9.48. The maximum absolute atomic E-state index is 12.5. The van der Waals surface area contributed by atoms with Gasteiger partial charge in [0.15, 0.2) is 11.5 Å².